The van der Waals surface area contributed by atoms with E-state index in [1.807, 2.05) is 0 Å². The molecular formula is C24H22Cl3N9O6S2. The van der Waals surface area contributed by atoms with Crippen LogP contribution >= 0.6 is 34.8 Å². The van der Waals surface area contributed by atoms with Crippen molar-refractivity contribution in [3.8, 4) is 0 Å². The third-order valence-corrected chi connectivity index (χ3v) is 9.14. The summed E-state index contributed by atoms with van der Waals surface area (Å²) in [6.45, 7) is 0. The fourth-order valence-corrected chi connectivity index (χ4v) is 5.35. The molecule has 0 spiro atoms. The van der Waals surface area contributed by atoms with E-state index in [-0.39, 0.29) is 42.2 Å². The quantitative estimate of drug-likeness (QED) is 0.168. The molecule has 2 aromatic carbocycles. The first-order valence-corrected chi connectivity index (χ1v) is 15.9. The van der Waals surface area contributed by atoms with E-state index < -0.39 is 31.9 Å². The monoisotopic (exact) mass is 701 g/mol. The van der Waals surface area contributed by atoms with E-state index in [4.69, 9.17) is 40.5 Å². The van der Waals surface area contributed by atoms with Gasteiger partial charge in [-0.3, -0.25) is 9.59 Å². The van der Waals surface area contributed by atoms with Gasteiger partial charge in [0.25, 0.3) is 11.8 Å². The molecule has 6 N–H and O–H groups in total. The van der Waals surface area contributed by atoms with E-state index in [1.54, 1.807) is 0 Å². The van der Waals surface area contributed by atoms with Crippen LogP contribution in [-0.2, 0) is 20.0 Å². The van der Waals surface area contributed by atoms with Gasteiger partial charge in [-0.1, -0.05) is 34.8 Å². The van der Waals surface area contributed by atoms with E-state index in [2.05, 4.69) is 40.0 Å². The van der Waals surface area contributed by atoms with Crippen molar-refractivity contribution in [1.82, 2.24) is 29.4 Å². The molecule has 0 aliphatic carbocycles. The second-order valence-corrected chi connectivity index (χ2v) is 13.0. The predicted octanol–water partition coefficient (Wildman–Crippen LogP) is 2.82. The van der Waals surface area contributed by atoms with Crippen molar-refractivity contribution in [2.24, 2.45) is 0 Å². The molecule has 0 fully saturated rings. The van der Waals surface area contributed by atoms with Gasteiger partial charge in [0.1, 0.15) is 45.1 Å². The minimum Gasteiger partial charge on any atom is -0.383 e. The van der Waals surface area contributed by atoms with Crippen molar-refractivity contribution in [3.05, 3.63) is 87.8 Å². The van der Waals surface area contributed by atoms with E-state index in [0.29, 0.717) is 11.4 Å². The highest BCUT2D eigenvalue weighted by molar-refractivity contribution is 7.89. The average molecular weight is 703 g/mol. The number of aromatic nitrogens is 4. The van der Waals surface area contributed by atoms with Gasteiger partial charge >= 0.3 is 0 Å². The molecular weight excluding hydrogens is 681 g/mol. The first-order valence-electron chi connectivity index (χ1n) is 11.8. The van der Waals surface area contributed by atoms with Crippen LogP contribution in [0.15, 0.2) is 71.0 Å². The minimum atomic E-state index is -3.53. The fraction of sp³-hybridized carbons (Fsp3) is 0.0833. The number of carbonyl (C=O) groups is 2. The summed E-state index contributed by atoms with van der Waals surface area (Å²) in [5.74, 6) is -1.24. The molecule has 232 valence electrons. The molecule has 4 rings (SSSR count). The molecule has 0 radical (unpaired) electrons. The Bertz CT molecular complexity index is 1720. The fourth-order valence-electron chi connectivity index (χ4n) is 3.18. The van der Waals surface area contributed by atoms with Gasteiger partial charge in [-0.05, 0) is 62.6 Å². The predicted molar refractivity (Wildman–Crippen MR) is 165 cm³/mol. The number of nitrogen functional groups attached to an aromatic ring is 1. The van der Waals surface area contributed by atoms with Crippen LogP contribution < -0.4 is 25.8 Å². The number of amides is 2. The minimum absolute atomic E-state index is 0.0453. The maximum atomic E-state index is 12.1. The number of benzene rings is 2. The Morgan fingerprint density at radius 2 is 0.955 bits per heavy atom. The highest BCUT2D eigenvalue weighted by Crippen LogP contribution is 2.22. The van der Waals surface area contributed by atoms with Crippen LogP contribution in [0.4, 0.5) is 17.2 Å². The molecule has 20 heteroatoms. The zero-order chi connectivity index (χ0) is 32.7. The van der Waals surface area contributed by atoms with Gasteiger partial charge in [0.15, 0.2) is 0 Å². The Morgan fingerprint density at radius 3 is 1.32 bits per heavy atom. The number of anilines is 3. The van der Waals surface area contributed by atoms with Crippen molar-refractivity contribution < 1.29 is 26.4 Å². The molecule has 0 saturated carbocycles. The van der Waals surface area contributed by atoms with E-state index >= 15 is 0 Å². The van der Waals surface area contributed by atoms with Gasteiger partial charge < -0.3 is 16.4 Å². The number of sulfonamides is 2. The summed E-state index contributed by atoms with van der Waals surface area (Å²) in [6.07, 6.45) is 2.28. The molecule has 2 aromatic heterocycles. The first-order chi connectivity index (χ1) is 20.7. The second-order valence-electron chi connectivity index (χ2n) is 8.13. The maximum absolute atomic E-state index is 12.1. The van der Waals surface area contributed by atoms with Crippen LogP contribution in [0.2, 0.25) is 15.5 Å². The first kappa shape index (κ1) is 34.5. The largest absolute Gasteiger partial charge is 0.383 e. The summed E-state index contributed by atoms with van der Waals surface area (Å²) in [5.41, 5.74) is 6.23. The summed E-state index contributed by atoms with van der Waals surface area (Å²) < 4.78 is 50.8. The Balaban J connectivity index is 0.000000240. The number of halogens is 3. The summed E-state index contributed by atoms with van der Waals surface area (Å²) in [6, 6.07) is 11.2. The van der Waals surface area contributed by atoms with Crippen LogP contribution in [0.5, 0.6) is 0 Å². The number of hydrogen-bond donors (Lipinski definition) is 5. The smallest absolute Gasteiger partial charge is 0.262 e. The van der Waals surface area contributed by atoms with Gasteiger partial charge in [-0.25, -0.2) is 46.2 Å². The SMILES string of the molecule is CNS(=O)(=O)c1ccc(NC(=O)c2c(Cl)ncnc2Cl)cc1.CNS(=O)(=O)c1ccc(NC(=O)c2c(N)ncnc2Cl)cc1. The summed E-state index contributed by atoms with van der Waals surface area (Å²) in [7, 11) is -4.45. The molecule has 44 heavy (non-hydrogen) atoms. The number of nitrogens with zero attached hydrogens (tertiary/aromatic N) is 4. The Kier molecular flexibility index (Phi) is 11.5. The van der Waals surface area contributed by atoms with Gasteiger partial charge in [0.05, 0.1) is 9.79 Å². The lowest BCUT2D eigenvalue weighted by molar-refractivity contribution is 0.101. The number of nitrogens with two attached hydrogens (primary N) is 1. The number of carbonyl (C=O) groups excluding carboxylic acids is 2. The van der Waals surface area contributed by atoms with Gasteiger partial charge in [0, 0.05) is 11.4 Å². The molecule has 4 aromatic rings. The van der Waals surface area contributed by atoms with E-state index in [0.717, 1.165) is 12.7 Å². The molecule has 0 atom stereocenters. The standard InChI is InChI=1S/C12H10Cl2N4O3S.C12H12ClN5O3S/c2*1-15-22(20,21)8-4-2-7(3-5-8)18-12(19)9-10(13)16-6-17-11(9)14/h2-6,15H,1H3,(H,18,19);2-6,15H,1H3,(H,18,19)(H2,14,16,17). The highest BCUT2D eigenvalue weighted by Gasteiger charge is 2.19. The van der Waals surface area contributed by atoms with Crippen molar-refractivity contribution >= 4 is 83.9 Å². The molecule has 15 nitrogen and oxygen atoms in total. The van der Waals surface area contributed by atoms with E-state index in [1.165, 1.54) is 62.6 Å². The van der Waals surface area contributed by atoms with Crippen molar-refractivity contribution in [2.45, 2.75) is 9.79 Å². The number of rotatable bonds is 8. The van der Waals surface area contributed by atoms with Crippen LogP contribution in [0.25, 0.3) is 0 Å². The lowest BCUT2D eigenvalue weighted by Gasteiger charge is -2.08. The molecule has 0 aliphatic heterocycles. The zero-order valence-corrected chi connectivity index (χ0v) is 26.4. The molecule has 2 heterocycles. The van der Waals surface area contributed by atoms with Crippen LogP contribution in [0.3, 0.4) is 0 Å². The Hall–Kier alpha value is -3.97. The molecule has 0 saturated heterocycles. The summed E-state index contributed by atoms with van der Waals surface area (Å²) in [4.78, 5) is 39.1. The number of hydrogen-bond acceptors (Lipinski definition) is 11. The third kappa shape index (κ3) is 8.56. The van der Waals surface area contributed by atoms with Crippen molar-refractivity contribution in [3.63, 3.8) is 0 Å². The lowest BCUT2D eigenvalue weighted by Crippen LogP contribution is -2.19. The zero-order valence-electron chi connectivity index (χ0n) is 22.5. The third-order valence-electron chi connectivity index (χ3n) is 5.42. The van der Waals surface area contributed by atoms with Crippen LogP contribution in [-0.4, -0.2) is 62.7 Å². The van der Waals surface area contributed by atoms with Crippen LogP contribution in [0, 0.1) is 0 Å². The maximum Gasteiger partial charge on any atom is 0.262 e. The lowest BCUT2D eigenvalue weighted by atomic mass is 10.2. The summed E-state index contributed by atoms with van der Waals surface area (Å²) in [5, 5.41) is 4.85. The van der Waals surface area contributed by atoms with Gasteiger partial charge in [0.2, 0.25) is 20.0 Å². The highest BCUT2D eigenvalue weighted by atomic mass is 35.5. The summed E-state index contributed by atoms with van der Waals surface area (Å²) >= 11 is 17.4. The normalized spacial score (nSPS) is 11.2. The number of nitrogens with one attached hydrogen (secondary N) is 4. The second kappa shape index (κ2) is 14.7. The average Bonchev–Trinajstić information content (AvgIpc) is 2.98. The van der Waals surface area contributed by atoms with Crippen LogP contribution in [0.1, 0.15) is 20.7 Å². The van der Waals surface area contributed by atoms with Gasteiger partial charge in [-0.2, -0.15) is 0 Å². The van der Waals surface area contributed by atoms with E-state index in [9.17, 15) is 26.4 Å². The molecule has 2 amide bonds. The molecule has 0 unspecified atom stereocenters. The topological polar surface area (TPSA) is 228 Å². The Labute approximate surface area is 266 Å². The van der Waals surface area contributed by atoms with Gasteiger partial charge in [-0.15, -0.1) is 0 Å². The van der Waals surface area contributed by atoms with Crippen molar-refractivity contribution in [2.75, 3.05) is 30.5 Å². The molecule has 0 aliphatic rings. The Morgan fingerprint density at radius 1 is 0.614 bits per heavy atom. The van der Waals surface area contributed by atoms with Crippen molar-refractivity contribution in [1.29, 1.82) is 0 Å². The molecule has 0 bridgehead atoms.